The van der Waals surface area contributed by atoms with Crippen LogP contribution in [0.4, 0.5) is 10.1 Å². The van der Waals surface area contributed by atoms with Crippen molar-refractivity contribution in [2.75, 3.05) is 44.7 Å². The van der Waals surface area contributed by atoms with E-state index in [1.807, 2.05) is 31.2 Å². The van der Waals surface area contributed by atoms with Crippen molar-refractivity contribution >= 4 is 32.4 Å². The van der Waals surface area contributed by atoms with Gasteiger partial charge in [0.25, 0.3) is 0 Å². The Hall–Kier alpha value is -3.01. The van der Waals surface area contributed by atoms with Crippen LogP contribution >= 0.6 is 0 Å². The molecule has 3 aromatic carbocycles. The zero-order valence-electron chi connectivity index (χ0n) is 20.0. The number of piperazine rings is 1. The number of hydrogen-bond donors (Lipinski definition) is 2. The minimum Gasteiger partial charge on any atom is -0.369 e. The van der Waals surface area contributed by atoms with Gasteiger partial charge in [-0.25, -0.2) is 17.5 Å². The molecule has 1 saturated heterocycles. The number of nitrogens with zero attached hydrogens (tertiary/aromatic N) is 2. The molecule has 1 fully saturated rings. The molecule has 1 atom stereocenters. The number of sulfonamides is 1. The van der Waals surface area contributed by atoms with Crippen molar-refractivity contribution in [1.82, 2.24) is 14.9 Å². The molecule has 186 valence electrons. The van der Waals surface area contributed by atoms with Gasteiger partial charge in [0.1, 0.15) is 5.82 Å². The number of nitrogens with one attached hydrogen (secondary N) is 2. The third-order valence-electron chi connectivity index (χ3n) is 6.35. The number of benzene rings is 3. The summed E-state index contributed by atoms with van der Waals surface area (Å²) in [5, 5.41) is 4.66. The second kappa shape index (κ2) is 10.7. The number of anilines is 1. The highest BCUT2D eigenvalue weighted by atomic mass is 32.2. The Morgan fingerprint density at radius 2 is 1.71 bits per heavy atom. The number of halogens is 1. The molecular formula is C26H31FN4O3S. The van der Waals surface area contributed by atoms with Gasteiger partial charge in [0, 0.05) is 50.4 Å². The van der Waals surface area contributed by atoms with Crippen molar-refractivity contribution in [2.24, 2.45) is 0 Å². The van der Waals surface area contributed by atoms with Crippen LogP contribution < -0.4 is 14.9 Å². The number of carbonyl (C=O) groups excluding carboxylic acids is 1. The fourth-order valence-electron chi connectivity index (χ4n) is 4.32. The smallest absolute Gasteiger partial charge is 0.240 e. The predicted octanol–water partition coefficient (Wildman–Crippen LogP) is 3.28. The van der Waals surface area contributed by atoms with Crippen LogP contribution in [0, 0.1) is 5.82 Å². The standard InChI is InChI=1S/C26H31FN4O3S/c1-19(24-18-22(27)8-10-25(24)31-15-13-30(2)14-16-31)29-26(32)11-12-28-35(33,34)23-9-7-20-5-3-4-6-21(20)17-23/h3-10,17-19,28H,11-16H2,1-2H3,(H,29,32). The monoisotopic (exact) mass is 498 g/mol. The minimum atomic E-state index is -3.75. The molecule has 0 spiro atoms. The van der Waals surface area contributed by atoms with E-state index in [-0.39, 0.29) is 29.6 Å². The molecule has 9 heteroatoms. The lowest BCUT2D eigenvalue weighted by atomic mass is 10.0. The molecule has 4 rings (SSSR count). The molecule has 1 heterocycles. The maximum Gasteiger partial charge on any atom is 0.240 e. The van der Waals surface area contributed by atoms with Crippen molar-refractivity contribution < 1.29 is 17.6 Å². The van der Waals surface area contributed by atoms with Crippen LogP contribution in [0.2, 0.25) is 0 Å². The van der Waals surface area contributed by atoms with Crippen LogP contribution in [0.1, 0.15) is 24.9 Å². The second-order valence-electron chi connectivity index (χ2n) is 8.94. The summed E-state index contributed by atoms with van der Waals surface area (Å²) in [6.07, 6.45) is -0.0314. The average molecular weight is 499 g/mol. The second-order valence-corrected chi connectivity index (χ2v) is 10.7. The van der Waals surface area contributed by atoms with Gasteiger partial charge in [-0.3, -0.25) is 4.79 Å². The maximum atomic E-state index is 14.1. The molecule has 2 N–H and O–H groups in total. The largest absolute Gasteiger partial charge is 0.369 e. The van der Waals surface area contributed by atoms with Gasteiger partial charge < -0.3 is 15.1 Å². The lowest BCUT2D eigenvalue weighted by Crippen LogP contribution is -2.45. The van der Waals surface area contributed by atoms with Crippen LogP contribution in [0.25, 0.3) is 10.8 Å². The molecule has 0 aliphatic carbocycles. The van der Waals surface area contributed by atoms with Gasteiger partial charge in [0.2, 0.25) is 15.9 Å². The third kappa shape index (κ3) is 6.17. The lowest BCUT2D eigenvalue weighted by Gasteiger charge is -2.36. The molecule has 1 aliphatic heterocycles. The molecule has 35 heavy (non-hydrogen) atoms. The highest BCUT2D eigenvalue weighted by Gasteiger charge is 2.21. The zero-order chi connectivity index (χ0) is 25.0. The van der Waals surface area contributed by atoms with E-state index in [0.717, 1.165) is 42.6 Å². The van der Waals surface area contributed by atoms with E-state index in [1.165, 1.54) is 12.1 Å². The van der Waals surface area contributed by atoms with Gasteiger partial charge in [0.05, 0.1) is 10.9 Å². The number of rotatable bonds is 8. The Kier molecular flexibility index (Phi) is 7.69. The van der Waals surface area contributed by atoms with E-state index >= 15 is 0 Å². The quantitative estimate of drug-likeness (QED) is 0.498. The number of fused-ring (bicyclic) bond motifs is 1. The maximum absolute atomic E-state index is 14.1. The minimum absolute atomic E-state index is 0.0314. The van der Waals surface area contributed by atoms with Crippen molar-refractivity contribution in [3.8, 4) is 0 Å². The van der Waals surface area contributed by atoms with Crippen LogP contribution in [0.3, 0.4) is 0 Å². The molecule has 1 amide bonds. The van der Waals surface area contributed by atoms with E-state index < -0.39 is 16.1 Å². The predicted molar refractivity (Wildman–Crippen MR) is 136 cm³/mol. The fraction of sp³-hybridized carbons (Fsp3) is 0.346. The topological polar surface area (TPSA) is 81.8 Å². The molecule has 0 bridgehead atoms. The summed E-state index contributed by atoms with van der Waals surface area (Å²) in [5.74, 6) is -0.672. The summed E-state index contributed by atoms with van der Waals surface area (Å²) in [5.41, 5.74) is 1.61. The molecule has 7 nitrogen and oxygen atoms in total. The normalized spacial score (nSPS) is 15.8. The Morgan fingerprint density at radius 1 is 1.00 bits per heavy atom. The highest BCUT2D eigenvalue weighted by Crippen LogP contribution is 2.28. The molecule has 0 saturated carbocycles. The Bertz CT molecular complexity index is 1310. The van der Waals surface area contributed by atoms with Gasteiger partial charge in [-0.15, -0.1) is 0 Å². The molecule has 0 radical (unpaired) electrons. The van der Waals surface area contributed by atoms with Crippen molar-refractivity contribution in [3.05, 3.63) is 72.0 Å². The Balaban J connectivity index is 1.36. The first-order valence-electron chi connectivity index (χ1n) is 11.7. The molecule has 1 unspecified atom stereocenters. The summed E-state index contributed by atoms with van der Waals surface area (Å²) < 4.78 is 41.9. The zero-order valence-corrected chi connectivity index (χ0v) is 20.8. The molecular weight excluding hydrogens is 467 g/mol. The van der Waals surface area contributed by atoms with Gasteiger partial charge in [-0.2, -0.15) is 0 Å². The molecule has 1 aliphatic rings. The van der Waals surface area contributed by atoms with Crippen LogP contribution in [0.5, 0.6) is 0 Å². The average Bonchev–Trinajstić information content (AvgIpc) is 2.84. The van der Waals surface area contributed by atoms with Gasteiger partial charge in [-0.05, 0) is 55.1 Å². The number of carbonyl (C=O) groups is 1. The van der Waals surface area contributed by atoms with E-state index in [0.29, 0.717) is 5.56 Å². The van der Waals surface area contributed by atoms with Gasteiger partial charge in [-0.1, -0.05) is 30.3 Å². The molecule has 0 aromatic heterocycles. The molecule has 3 aromatic rings. The van der Waals surface area contributed by atoms with Gasteiger partial charge in [0.15, 0.2) is 0 Å². The summed E-state index contributed by atoms with van der Waals surface area (Å²) in [6, 6.07) is 16.7. The summed E-state index contributed by atoms with van der Waals surface area (Å²) in [4.78, 5) is 17.2. The van der Waals surface area contributed by atoms with E-state index in [2.05, 4.69) is 26.9 Å². The first kappa shape index (κ1) is 25.1. The van der Waals surface area contributed by atoms with Crippen molar-refractivity contribution in [1.29, 1.82) is 0 Å². The SMILES string of the molecule is CC(NC(=O)CCNS(=O)(=O)c1ccc2ccccc2c1)c1cc(F)ccc1N1CCN(C)CC1. The fourth-order valence-corrected chi connectivity index (χ4v) is 5.38. The first-order valence-corrected chi connectivity index (χ1v) is 13.2. The van der Waals surface area contributed by atoms with Crippen LogP contribution in [-0.2, 0) is 14.8 Å². The Morgan fingerprint density at radius 3 is 2.46 bits per heavy atom. The summed E-state index contributed by atoms with van der Waals surface area (Å²) in [6.45, 7) is 5.25. The Labute approximate surface area is 206 Å². The van der Waals surface area contributed by atoms with E-state index in [9.17, 15) is 17.6 Å². The van der Waals surface area contributed by atoms with Crippen LogP contribution in [0.15, 0.2) is 65.6 Å². The lowest BCUT2D eigenvalue weighted by molar-refractivity contribution is -0.121. The van der Waals surface area contributed by atoms with Crippen molar-refractivity contribution in [2.45, 2.75) is 24.3 Å². The van der Waals surface area contributed by atoms with E-state index in [1.54, 1.807) is 24.3 Å². The van der Waals surface area contributed by atoms with Crippen molar-refractivity contribution in [3.63, 3.8) is 0 Å². The number of likely N-dealkylation sites (N-methyl/N-ethyl adjacent to an activating group) is 1. The highest BCUT2D eigenvalue weighted by molar-refractivity contribution is 7.89. The van der Waals surface area contributed by atoms with Gasteiger partial charge >= 0.3 is 0 Å². The first-order chi connectivity index (χ1) is 16.7. The van der Waals surface area contributed by atoms with E-state index in [4.69, 9.17) is 0 Å². The summed E-state index contributed by atoms with van der Waals surface area (Å²) in [7, 11) is -1.68. The summed E-state index contributed by atoms with van der Waals surface area (Å²) >= 11 is 0. The third-order valence-corrected chi connectivity index (χ3v) is 7.81. The van der Waals surface area contributed by atoms with Crippen LogP contribution in [-0.4, -0.2) is 59.0 Å². The number of amides is 1. The number of hydrogen-bond acceptors (Lipinski definition) is 5.